The number of aromatic nitrogens is 2. The number of pyridine rings is 1. The minimum absolute atomic E-state index is 0.347. The van der Waals surface area contributed by atoms with E-state index in [1.807, 2.05) is 0 Å². The first kappa shape index (κ1) is 9.33. The van der Waals surface area contributed by atoms with Crippen LogP contribution in [0.1, 0.15) is 6.42 Å². The monoisotopic (exact) mass is 210 g/mol. The van der Waals surface area contributed by atoms with Gasteiger partial charge in [-0.25, -0.2) is 9.78 Å². The third kappa shape index (κ3) is 1.55. The number of rotatable bonds is 3. The molecule has 2 aromatic rings. The molecule has 74 valence electrons. The molecule has 0 unspecified atom stereocenters. The zero-order valence-electron chi connectivity index (χ0n) is 7.51. The lowest BCUT2D eigenvalue weighted by molar-refractivity contribution is 0.503. The Morgan fingerprint density at radius 1 is 1.57 bits per heavy atom. The van der Waals surface area contributed by atoms with Gasteiger partial charge in [0.15, 0.2) is 11.2 Å². The summed E-state index contributed by atoms with van der Waals surface area (Å²) in [7, 11) is 0. The number of hydrogen-bond donors (Lipinski definition) is 1. The fourth-order valence-corrected chi connectivity index (χ4v) is 1.47. The molecular formula is C9H10N2O2S. The molecule has 2 aromatic heterocycles. The van der Waals surface area contributed by atoms with E-state index >= 15 is 0 Å². The van der Waals surface area contributed by atoms with Crippen LogP contribution in [0.4, 0.5) is 0 Å². The molecular weight excluding hydrogens is 200 g/mol. The van der Waals surface area contributed by atoms with Crippen molar-refractivity contribution in [2.24, 2.45) is 0 Å². The first-order chi connectivity index (χ1) is 6.83. The summed E-state index contributed by atoms with van der Waals surface area (Å²) < 4.78 is 6.55. The van der Waals surface area contributed by atoms with Crippen LogP contribution in [0.25, 0.3) is 11.2 Å². The van der Waals surface area contributed by atoms with E-state index in [0.29, 0.717) is 17.8 Å². The molecule has 0 aliphatic heterocycles. The maximum atomic E-state index is 11.4. The summed E-state index contributed by atoms with van der Waals surface area (Å²) in [5.74, 6) is 0.395. The van der Waals surface area contributed by atoms with E-state index in [1.165, 1.54) is 4.57 Å². The van der Waals surface area contributed by atoms with Crippen molar-refractivity contribution in [2.75, 3.05) is 5.75 Å². The van der Waals surface area contributed by atoms with Crippen LogP contribution in [0.3, 0.4) is 0 Å². The van der Waals surface area contributed by atoms with Gasteiger partial charge in [0.1, 0.15) is 0 Å². The highest BCUT2D eigenvalue weighted by Crippen LogP contribution is 2.08. The molecule has 0 bridgehead atoms. The Morgan fingerprint density at radius 2 is 2.43 bits per heavy atom. The summed E-state index contributed by atoms with van der Waals surface area (Å²) in [5.41, 5.74) is 1.15. The second-order valence-corrected chi connectivity index (χ2v) is 3.37. The molecule has 0 aliphatic rings. The lowest BCUT2D eigenvalue weighted by atomic mass is 10.4. The van der Waals surface area contributed by atoms with Crippen LogP contribution in [0, 0.1) is 0 Å². The van der Waals surface area contributed by atoms with Crippen molar-refractivity contribution in [1.29, 1.82) is 0 Å². The largest absolute Gasteiger partial charge is 0.421 e. The Hall–Kier alpha value is -1.23. The molecule has 0 radical (unpaired) electrons. The third-order valence-corrected chi connectivity index (χ3v) is 2.28. The van der Waals surface area contributed by atoms with Crippen LogP contribution in [0.2, 0.25) is 0 Å². The van der Waals surface area contributed by atoms with Crippen molar-refractivity contribution in [3.8, 4) is 0 Å². The van der Waals surface area contributed by atoms with Crippen LogP contribution in [0.15, 0.2) is 27.5 Å². The van der Waals surface area contributed by atoms with Gasteiger partial charge < -0.3 is 4.42 Å². The molecule has 0 spiro atoms. The van der Waals surface area contributed by atoms with Gasteiger partial charge in [-0.2, -0.15) is 12.6 Å². The summed E-state index contributed by atoms with van der Waals surface area (Å²) >= 11 is 4.09. The van der Waals surface area contributed by atoms with E-state index < -0.39 is 0 Å². The highest BCUT2D eigenvalue weighted by Gasteiger charge is 2.08. The predicted octanol–water partition coefficient (Wildman–Crippen LogP) is 1.31. The van der Waals surface area contributed by atoms with E-state index in [9.17, 15) is 4.79 Å². The Balaban J connectivity index is 2.51. The molecule has 0 saturated carbocycles. The smallest absolute Gasteiger partial charge is 0.406 e. The number of oxazole rings is 1. The lowest BCUT2D eigenvalue weighted by Crippen LogP contribution is -2.14. The van der Waals surface area contributed by atoms with Crippen molar-refractivity contribution in [3.63, 3.8) is 0 Å². The molecule has 0 aliphatic carbocycles. The molecule has 2 heterocycles. The third-order valence-electron chi connectivity index (χ3n) is 1.96. The van der Waals surface area contributed by atoms with Gasteiger partial charge >= 0.3 is 5.76 Å². The molecule has 0 aromatic carbocycles. The molecule has 2 rings (SSSR count). The van der Waals surface area contributed by atoms with Gasteiger partial charge in [0.25, 0.3) is 0 Å². The minimum atomic E-state index is -0.347. The van der Waals surface area contributed by atoms with Gasteiger partial charge in [0, 0.05) is 12.7 Å². The second kappa shape index (κ2) is 3.88. The van der Waals surface area contributed by atoms with Gasteiger partial charge in [-0.3, -0.25) is 4.57 Å². The number of thiol groups is 1. The van der Waals surface area contributed by atoms with Gasteiger partial charge in [-0.15, -0.1) is 0 Å². The molecule has 0 saturated heterocycles. The van der Waals surface area contributed by atoms with Gasteiger partial charge in [-0.05, 0) is 24.3 Å². The maximum absolute atomic E-state index is 11.4. The van der Waals surface area contributed by atoms with E-state index in [2.05, 4.69) is 17.6 Å². The molecule has 0 amide bonds. The zero-order chi connectivity index (χ0) is 9.97. The average Bonchev–Trinajstić information content (AvgIpc) is 2.51. The Kier molecular flexibility index (Phi) is 2.58. The summed E-state index contributed by atoms with van der Waals surface area (Å²) in [6, 6.07) is 3.48. The highest BCUT2D eigenvalue weighted by atomic mass is 32.1. The Labute approximate surface area is 86.0 Å². The fraction of sp³-hybridized carbons (Fsp3) is 0.333. The summed E-state index contributed by atoms with van der Waals surface area (Å²) in [6.45, 7) is 0.604. The summed E-state index contributed by atoms with van der Waals surface area (Å²) in [6.07, 6.45) is 2.47. The second-order valence-electron chi connectivity index (χ2n) is 2.92. The van der Waals surface area contributed by atoms with E-state index in [4.69, 9.17) is 4.42 Å². The molecule has 5 heteroatoms. The van der Waals surface area contributed by atoms with Gasteiger partial charge in [0.2, 0.25) is 0 Å². The van der Waals surface area contributed by atoms with Crippen molar-refractivity contribution in [2.45, 2.75) is 13.0 Å². The summed E-state index contributed by atoms with van der Waals surface area (Å²) in [5, 5.41) is 0. The van der Waals surface area contributed by atoms with Gasteiger partial charge in [-0.1, -0.05) is 0 Å². The highest BCUT2D eigenvalue weighted by molar-refractivity contribution is 7.80. The van der Waals surface area contributed by atoms with E-state index in [0.717, 1.165) is 12.2 Å². The van der Waals surface area contributed by atoms with Crippen molar-refractivity contribution in [3.05, 3.63) is 28.9 Å². The fourth-order valence-electron chi connectivity index (χ4n) is 1.33. The molecule has 0 fully saturated rings. The standard InChI is InChI=1S/C9H10N2O2S/c12-9-11(5-2-6-14)8-7(13-9)3-1-4-10-8/h1,3-4,14H,2,5-6H2. The molecule has 14 heavy (non-hydrogen) atoms. The van der Waals surface area contributed by atoms with Crippen LogP contribution >= 0.6 is 12.6 Å². The number of fused-ring (bicyclic) bond motifs is 1. The van der Waals surface area contributed by atoms with E-state index in [1.54, 1.807) is 18.3 Å². The number of hydrogen-bond acceptors (Lipinski definition) is 4. The Morgan fingerprint density at radius 3 is 3.21 bits per heavy atom. The lowest BCUT2D eigenvalue weighted by Gasteiger charge is -1.97. The minimum Gasteiger partial charge on any atom is -0.406 e. The quantitative estimate of drug-likeness (QED) is 0.777. The predicted molar refractivity (Wildman–Crippen MR) is 56.7 cm³/mol. The first-order valence-corrected chi connectivity index (χ1v) is 5.01. The summed E-state index contributed by atoms with van der Waals surface area (Å²) in [4.78, 5) is 15.5. The maximum Gasteiger partial charge on any atom is 0.421 e. The molecule has 0 atom stereocenters. The number of nitrogens with zero attached hydrogens (tertiary/aromatic N) is 2. The number of aryl methyl sites for hydroxylation is 1. The van der Waals surface area contributed by atoms with E-state index in [-0.39, 0.29) is 5.76 Å². The van der Waals surface area contributed by atoms with Crippen LogP contribution in [-0.4, -0.2) is 15.3 Å². The van der Waals surface area contributed by atoms with Crippen LogP contribution < -0.4 is 5.76 Å². The Bertz CT molecular complexity index is 489. The molecule has 4 nitrogen and oxygen atoms in total. The average molecular weight is 210 g/mol. The van der Waals surface area contributed by atoms with Gasteiger partial charge in [0.05, 0.1) is 0 Å². The SMILES string of the molecule is O=c1oc2cccnc2n1CCCS. The normalized spacial score (nSPS) is 10.9. The zero-order valence-corrected chi connectivity index (χ0v) is 8.41. The van der Waals surface area contributed by atoms with Crippen molar-refractivity contribution in [1.82, 2.24) is 9.55 Å². The topological polar surface area (TPSA) is 48.0 Å². The van der Waals surface area contributed by atoms with Crippen molar-refractivity contribution < 1.29 is 4.42 Å². The van der Waals surface area contributed by atoms with Crippen LogP contribution in [0.5, 0.6) is 0 Å². The molecule has 0 N–H and O–H groups in total. The van der Waals surface area contributed by atoms with Crippen molar-refractivity contribution >= 4 is 23.9 Å². The van der Waals surface area contributed by atoms with Crippen LogP contribution in [-0.2, 0) is 6.54 Å². The first-order valence-electron chi connectivity index (χ1n) is 4.38.